The Balaban J connectivity index is 2.28. The van der Waals surface area contributed by atoms with Crippen LogP contribution < -0.4 is 5.32 Å². The summed E-state index contributed by atoms with van der Waals surface area (Å²) in [5.41, 5.74) is 2.17. The van der Waals surface area contributed by atoms with E-state index < -0.39 is 0 Å². The van der Waals surface area contributed by atoms with E-state index in [4.69, 9.17) is 5.21 Å². The molecule has 1 aromatic carbocycles. The Hall–Kier alpha value is -1.84. The van der Waals surface area contributed by atoms with Gasteiger partial charge in [-0.15, -0.1) is 0 Å². The van der Waals surface area contributed by atoms with E-state index in [9.17, 15) is 4.79 Å². The van der Waals surface area contributed by atoms with Crippen molar-refractivity contribution in [3.8, 4) is 0 Å². The van der Waals surface area contributed by atoms with Crippen LogP contribution in [0.15, 0.2) is 29.4 Å². The highest BCUT2D eigenvalue weighted by molar-refractivity contribution is 5.99. The zero-order chi connectivity index (χ0) is 15.5. The van der Waals surface area contributed by atoms with Gasteiger partial charge < -0.3 is 10.5 Å². The molecule has 0 fully saturated rings. The lowest BCUT2D eigenvalue weighted by atomic mass is 10.1. The lowest BCUT2D eigenvalue weighted by Crippen LogP contribution is -2.11. The van der Waals surface area contributed by atoms with Crippen LogP contribution in [0.1, 0.15) is 64.4 Å². The van der Waals surface area contributed by atoms with Gasteiger partial charge in [0.25, 0.3) is 0 Å². The second-order valence-electron chi connectivity index (χ2n) is 5.33. The summed E-state index contributed by atoms with van der Waals surface area (Å²) in [4.78, 5) is 11.8. The molecule has 0 aliphatic rings. The normalized spacial score (nSPS) is 11.4. The summed E-state index contributed by atoms with van der Waals surface area (Å²) >= 11 is 0. The van der Waals surface area contributed by atoms with E-state index in [0.29, 0.717) is 12.1 Å². The van der Waals surface area contributed by atoms with E-state index in [1.165, 1.54) is 25.7 Å². The van der Waals surface area contributed by atoms with Crippen LogP contribution in [0.25, 0.3) is 0 Å². The molecule has 0 unspecified atom stereocenters. The number of rotatable bonds is 9. The van der Waals surface area contributed by atoms with Gasteiger partial charge in [-0.3, -0.25) is 4.79 Å². The second kappa shape index (κ2) is 9.97. The largest absolute Gasteiger partial charge is 0.411 e. The van der Waals surface area contributed by atoms with Crippen molar-refractivity contribution in [2.24, 2.45) is 5.16 Å². The highest BCUT2D eigenvalue weighted by Gasteiger charge is 2.03. The van der Waals surface area contributed by atoms with E-state index in [2.05, 4.69) is 17.4 Å². The van der Waals surface area contributed by atoms with Crippen molar-refractivity contribution in [3.05, 3.63) is 29.8 Å². The maximum Gasteiger partial charge on any atom is 0.224 e. The number of oxime groups is 1. The topological polar surface area (TPSA) is 61.7 Å². The molecule has 21 heavy (non-hydrogen) atoms. The van der Waals surface area contributed by atoms with Crippen LogP contribution in [0.3, 0.4) is 0 Å². The van der Waals surface area contributed by atoms with E-state index in [1.807, 2.05) is 24.3 Å². The fourth-order valence-corrected chi connectivity index (χ4v) is 2.14. The third kappa shape index (κ3) is 6.93. The Morgan fingerprint density at radius 2 is 1.71 bits per heavy atom. The molecular formula is C17H26N2O2. The van der Waals surface area contributed by atoms with Crippen molar-refractivity contribution in [2.75, 3.05) is 5.32 Å². The first-order valence-corrected chi connectivity index (χ1v) is 7.76. The molecule has 0 saturated heterocycles. The molecule has 1 amide bonds. The Kier molecular flexibility index (Phi) is 8.17. The number of benzene rings is 1. The molecule has 0 radical (unpaired) electrons. The first-order valence-electron chi connectivity index (χ1n) is 7.76. The van der Waals surface area contributed by atoms with Gasteiger partial charge in [-0.1, -0.05) is 56.3 Å². The summed E-state index contributed by atoms with van der Waals surface area (Å²) < 4.78 is 0. The molecule has 4 heteroatoms. The van der Waals surface area contributed by atoms with E-state index in [0.717, 1.165) is 24.1 Å². The van der Waals surface area contributed by atoms with Gasteiger partial charge in [-0.25, -0.2) is 0 Å². The minimum absolute atomic E-state index is 0.0609. The second-order valence-corrected chi connectivity index (χ2v) is 5.33. The minimum Gasteiger partial charge on any atom is -0.411 e. The molecule has 0 bridgehead atoms. The van der Waals surface area contributed by atoms with Gasteiger partial charge in [0.15, 0.2) is 0 Å². The average Bonchev–Trinajstić information content (AvgIpc) is 2.50. The summed E-state index contributed by atoms with van der Waals surface area (Å²) in [5.74, 6) is 0.0609. The van der Waals surface area contributed by atoms with Crippen molar-refractivity contribution >= 4 is 17.3 Å². The number of carbonyl (C=O) groups is 1. The van der Waals surface area contributed by atoms with Crippen LogP contribution in [0.5, 0.6) is 0 Å². The van der Waals surface area contributed by atoms with Gasteiger partial charge in [0.2, 0.25) is 5.91 Å². The fourth-order valence-electron chi connectivity index (χ4n) is 2.14. The number of carbonyl (C=O) groups excluding carboxylic acids is 1. The summed E-state index contributed by atoms with van der Waals surface area (Å²) in [7, 11) is 0. The number of nitrogens with one attached hydrogen (secondary N) is 1. The third-order valence-corrected chi connectivity index (χ3v) is 3.49. The Morgan fingerprint density at radius 1 is 1.10 bits per heavy atom. The molecule has 0 atom stereocenters. The molecule has 0 aromatic heterocycles. The first kappa shape index (κ1) is 17.2. The van der Waals surface area contributed by atoms with Gasteiger partial charge >= 0.3 is 0 Å². The molecule has 1 aromatic rings. The monoisotopic (exact) mass is 290 g/mol. The van der Waals surface area contributed by atoms with Crippen molar-refractivity contribution in [3.63, 3.8) is 0 Å². The van der Waals surface area contributed by atoms with E-state index in [1.54, 1.807) is 6.92 Å². The van der Waals surface area contributed by atoms with Crippen LogP contribution >= 0.6 is 0 Å². The molecule has 4 nitrogen and oxygen atoms in total. The summed E-state index contributed by atoms with van der Waals surface area (Å²) in [6.07, 6.45) is 7.67. The molecule has 0 heterocycles. The number of nitrogens with zero attached hydrogens (tertiary/aromatic N) is 1. The molecule has 0 aliphatic heterocycles. The third-order valence-electron chi connectivity index (χ3n) is 3.49. The SMILES string of the molecule is CCCCCCCCC(=O)Nc1ccc(C(C)=NO)cc1. The quantitative estimate of drug-likeness (QED) is 0.303. The number of unbranched alkanes of at least 4 members (excludes halogenated alkanes) is 5. The predicted molar refractivity (Wildman–Crippen MR) is 87.1 cm³/mol. The average molecular weight is 290 g/mol. The summed E-state index contributed by atoms with van der Waals surface area (Å²) in [6, 6.07) is 7.30. The van der Waals surface area contributed by atoms with Gasteiger partial charge in [0.05, 0.1) is 5.71 Å². The molecule has 0 saturated carbocycles. The minimum atomic E-state index is 0.0609. The maximum absolute atomic E-state index is 11.8. The first-order chi connectivity index (χ1) is 10.2. The van der Waals surface area contributed by atoms with Crippen LogP contribution in [-0.2, 0) is 4.79 Å². The van der Waals surface area contributed by atoms with Crippen LogP contribution in [-0.4, -0.2) is 16.8 Å². The highest BCUT2D eigenvalue weighted by Crippen LogP contribution is 2.12. The van der Waals surface area contributed by atoms with Gasteiger partial charge in [0, 0.05) is 12.1 Å². The predicted octanol–water partition coefficient (Wildman–Crippen LogP) is 4.57. The Labute approximate surface area is 127 Å². The Morgan fingerprint density at radius 3 is 2.33 bits per heavy atom. The maximum atomic E-state index is 11.8. The smallest absolute Gasteiger partial charge is 0.224 e. The summed E-state index contributed by atoms with van der Waals surface area (Å²) in [6.45, 7) is 3.93. The number of hydrogen-bond donors (Lipinski definition) is 2. The zero-order valence-electron chi connectivity index (χ0n) is 13.1. The lowest BCUT2D eigenvalue weighted by Gasteiger charge is -2.06. The Bertz CT molecular complexity index is 452. The van der Waals surface area contributed by atoms with Gasteiger partial charge in [-0.05, 0) is 31.0 Å². The van der Waals surface area contributed by atoms with Crippen molar-refractivity contribution < 1.29 is 10.0 Å². The number of amides is 1. The van der Waals surface area contributed by atoms with Gasteiger partial charge in [0.1, 0.15) is 0 Å². The standard InChI is InChI=1S/C17H26N2O2/c1-3-4-5-6-7-8-9-17(20)18-16-12-10-15(11-13-16)14(2)19-21/h10-13,21H,3-9H2,1-2H3,(H,18,20). The van der Waals surface area contributed by atoms with Gasteiger partial charge in [-0.2, -0.15) is 0 Å². The molecular weight excluding hydrogens is 264 g/mol. The molecule has 1 rings (SSSR count). The molecule has 2 N–H and O–H groups in total. The lowest BCUT2D eigenvalue weighted by molar-refractivity contribution is -0.116. The van der Waals surface area contributed by atoms with E-state index >= 15 is 0 Å². The zero-order valence-corrected chi connectivity index (χ0v) is 13.1. The summed E-state index contributed by atoms with van der Waals surface area (Å²) in [5, 5.41) is 14.7. The molecule has 116 valence electrons. The molecule has 0 aliphatic carbocycles. The number of anilines is 1. The van der Waals surface area contributed by atoms with E-state index in [-0.39, 0.29) is 5.91 Å². The highest BCUT2D eigenvalue weighted by atomic mass is 16.4. The van der Waals surface area contributed by atoms with Crippen LogP contribution in [0.2, 0.25) is 0 Å². The van der Waals surface area contributed by atoms with Crippen LogP contribution in [0.4, 0.5) is 5.69 Å². The number of hydrogen-bond acceptors (Lipinski definition) is 3. The van der Waals surface area contributed by atoms with Crippen LogP contribution in [0, 0.1) is 0 Å². The van der Waals surface area contributed by atoms with Crippen molar-refractivity contribution in [1.29, 1.82) is 0 Å². The molecule has 0 spiro atoms. The fraction of sp³-hybridized carbons (Fsp3) is 0.529. The van der Waals surface area contributed by atoms with Crippen molar-refractivity contribution in [2.45, 2.75) is 58.8 Å². The van der Waals surface area contributed by atoms with Crippen molar-refractivity contribution in [1.82, 2.24) is 0 Å².